The molecule has 0 saturated carbocycles. The van der Waals surface area contributed by atoms with Gasteiger partial charge in [-0.25, -0.2) is 4.39 Å². The molecule has 1 aliphatic heterocycles. The van der Waals surface area contributed by atoms with Crippen LogP contribution in [0, 0.1) is 11.3 Å². The zero-order chi connectivity index (χ0) is 19.3. The van der Waals surface area contributed by atoms with Crippen molar-refractivity contribution in [2.24, 2.45) is 0 Å². The van der Waals surface area contributed by atoms with Crippen LogP contribution in [0.15, 0.2) is 42.5 Å². The maximum absolute atomic E-state index is 15.3. The van der Waals surface area contributed by atoms with Crippen LogP contribution in [0.2, 0.25) is 0 Å². The second kappa shape index (κ2) is 8.73. The van der Waals surface area contributed by atoms with E-state index in [-0.39, 0.29) is 6.42 Å². The molecule has 3 rings (SSSR count). The molecule has 0 aliphatic carbocycles. The first-order valence-electron chi connectivity index (χ1n) is 9.50. The minimum absolute atomic E-state index is 0.128. The minimum atomic E-state index is -1.95. The number of nitrogens with zero attached hydrogens (tertiary/aromatic N) is 2. The summed E-state index contributed by atoms with van der Waals surface area (Å²) in [5, 5.41) is 10.6. The fourth-order valence-corrected chi connectivity index (χ4v) is 3.81. The maximum atomic E-state index is 15.3. The standard InChI is InChI=1S/C22H25ClFN3/c1-2-17-15-20(7-8-21(17)27-13-11-26-12-14-27)22(23,24)10-9-18-5-3-4-6-19(18)16-25/h3-8,15,26H,2,9-14H2,1H3. The number of anilines is 1. The Morgan fingerprint density at radius 3 is 2.63 bits per heavy atom. The summed E-state index contributed by atoms with van der Waals surface area (Å²) >= 11 is 6.30. The number of rotatable bonds is 6. The Hall–Kier alpha value is -2.09. The molecule has 1 heterocycles. The number of hydrogen-bond acceptors (Lipinski definition) is 3. The minimum Gasteiger partial charge on any atom is -0.369 e. The van der Waals surface area contributed by atoms with Gasteiger partial charge in [-0.2, -0.15) is 5.26 Å². The van der Waals surface area contributed by atoms with Gasteiger partial charge < -0.3 is 10.2 Å². The molecule has 1 saturated heterocycles. The zero-order valence-corrected chi connectivity index (χ0v) is 16.4. The summed E-state index contributed by atoms with van der Waals surface area (Å²) in [6, 6.07) is 15.2. The molecule has 2 aromatic rings. The number of benzene rings is 2. The second-order valence-electron chi connectivity index (χ2n) is 6.91. The molecule has 1 N–H and O–H groups in total. The summed E-state index contributed by atoms with van der Waals surface area (Å²) in [5.41, 5.74) is 4.19. The van der Waals surface area contributed by atoms with Gasteiger partial charge in [-0.1, -0.05) is 42.8 Å². The van der Waals surface area contributed by atoms with Crippen LogP contribution in [-0.2, 0) is 18.0 Å². The molecule has 0 bridgehead atoms. The third-order valence-corrected chi connectivity index (χ3v) is 5.59. The van der Waals surface area contributed by atoms with E-state index >= 15 is 4.39 Å². The smallest absolute Gasteiger partial charge is 0.209 e. The average Bonchev–Trinajstić information content (AvgIpc) is 2.72. The van der Waals surface area contributed by atoms with Crippen LogP contribution in [-0.4, -0.2) is 26.2 Å². The van der Waals surface area contributed by atoms with Gasteiger partial charge in [-0.15, -0.1) is 0 Å². The number of hydrogen-bond donors (Lipinski definition) is 1. The highest BCUT2D eigenvalue weighted by Gasteiger charge is 2.30. The normalized spacial score (nSPS) is 16.6. The van der Waals surface area contributed by atoms with Gasteiger partial charge in [0.2, 0.25) is 5.13 Å². The Labute approximate surface area is 165 Å². The van der Waals surface area contributed by atoms with E-state index in [0.29, 0.717) is 17.5 Å². The lowest BCUT2D eigenvalue weighted by atomic mass is 9.96. The Bertz CT molecular complexity index is 823. The quantitative estimate of drug-likeness (QED) is 0.743. The highest BCUT2D eigenvalue weighted by atomic mass is 35.5. The molecule has 3 nitrogen and oxygen atoms in total. The van der Waals surface area contributed by atoms with Crippen LogP contribution in [0.25, 0.3) is 0 Å². The number of aryl methyl sites for hydroxylation is 2. The van der Waals surface area contributed by atoms with Gasteiger partial charge in [0.25, 0.3) is 0 Å². The molecule has 2 aromatic carbocycles. The van der Waals surface area contributed by atoms with Crippen LogP contribution in [0.3, 0.4) is 0 Å². The summed E-state index contributed by atoms with van der Waals surface area (Å²) in [4.78, 5) is 2.34. The Kier molecular flexibility index (Phi) is 6.36. The number of alkyl halides is 2. The third-order valence-electron chi connectivity index (χ3n) is 5.19. The largest absolute Gasteiger partial charge is 0.369 e. The van der Waals surface area contributed by atoms with E-state index in [0.717, 1.165) is 43.7 Å². The van der Waals surface area contributed by atoms with Gasteiger partial charge >= 0.3 is 0 Å². The van der Waals surface area contributed by atoms with Crippen molar-refractivity contribution >= 4 is 17.3 Å². The molecule has 1 atom stereocenters. The molecular weight excluding hydrogens is 361 g/mol. The van der Waals surface area contributed by atoms with E-state index in [1.165, 1.54) is 5.69 Å². The van der Waals surface area contributed by atoms with Crippen LogP contribution < -0.4 is 10.2 Å². The van der Waals surface area contributed by atoms with Crippen molar-refractivity contribution in [3.05, 3.63) is 64.7 Å². The van der Waals surface area contributed by atoms with Crippen molar-refractivity contribution in [2.75, 3.05) is 31.1 Å². The molecule has 27 heavy (non-hydrogen) atoms. The Morgan fingerprint density at radius 2 is 1.93 bits per heavy atom. The first-order valence-corrected chi connectivity index (χ1v) is 9.88. The summed E-state index contributed by atoms with van der Waals surface area (Å²) in [5.74, 6) is 0. The first kappa shape index (κ1) is 19.7. The Balaban J connectivity index is 1.78. The van der Waals surface area contributed by atoms with Gasteiger partial charge in [0.15, 0.2) is 0 Å². The molecule has 5 heteroatoms. The van der Waals surface area contributed by atoms with Crippen molar-refractivity contribution in [3.8, 4) is 6.07 Å². The van der Waals surface area contributed by atoms with Crippen molar-refractivity contribution < 1.29 is 4.39 Å². The van der Waals surface area contributed by atoms with Crippen molar-refractivity contribution in [3.63, 3.8) is 0 Å². The predicted octanol–water partition coefficient (Wildman–Crippen LogP) is 4.52. The van der Waals surface area contributed by atoms with Crippen molar-refractivity contribution in [1.29, 1.82) is 5.26 Å². The van der Waals surface area contributed by atoms with E-state index in [2.05, 4.69) is 23.2 Å². The molecule has 1 unspecified atom stereocenters. The lowest BCUT2D eigenvalue weighted by Gasteiger charge is -2.32. The van der Waals surface area contributed by atoms with Gasteiger partial charge in [-0.05, 0) is 42.2 Å². The number of nitriles is 1. The predicted molar refractivity (Wildman–Crippen MR) is 109 cm³/mol. The molecule has 0 amide bonds. The summed E-state index contributed by atoms with van der Waals surface area (Å²) in [6.07, 6.45) is 1.38. The van der Waals surface area contributed by atoms with E-state index in [9.17, 15) is 5.26 Å². The molecule has 1 fully saturated rings. The number of nitrogens with one attached hydrogen (secondary N) is 1. The maximum Gasteiger partial charge on any atom is 0.209 e. The fraction of sp³-hybridized carbons (Fsp3) is 0.409. The second-order valence-corrected chi connectivity index (χ2v) is 7.51. The molecule has 0 radical (unpaired) electrons. The van der Waals surface area contributed by atoms with Crippen molar-refractivity contribution in [1.82, 2.24) is 5.32 Å². The lowest BCUT2D eigenvalue weighted by Crippen LogP contribution is -2.43. The monoisotopic (exact) mass is 385 g/mol. The van der Waals surface area contributed by atoms with Gasteiger partial charge in [0.05, 0.1) is 11.6 Å². The SMILES string of the molecule is CCc1cc(C(F)(Cl)CCc2ccccc2C#N)ccc1N1CCNCC1. The van der Waals surface area contributed by atoms with Gasteiger partial charge in [-0.3, -0.25) is 0 Å². The average molecular weight is 386 g/mol. The molecule has 142 valence electrons. The van der Waals surface area contributed by atoms with Crippen molar-refractivity contribution in [2.45, 2.75) is 31.3 Å². The van der Waals surface area contributed by atoms with Gasteiger partial charge in [0.1, 0.15) is 0 Å². The Morgan fingerprint density at radius 1 is 1.19 bits per heavy atom. The molecule has 0 aromatic heterocycles. The zero-order valence-electron chi connectivity index (χ0n) is 15.6. The highest BCUT2D eigenvalue weighted by Crippen LogP contribution is 2.38. The number of piperazine rings is 1. The number of halogens is 2. The highest BCUT2D eigenvalue weighted by molar-refractivity contribution is 6.22. The van der Waals surface area contributed by atoms with Crippen LogP contribution in [0.1, 0.15) is 35.6 Å². The molecule has 0 spiro atoms. The topological polar surface area (TPSA) is 39.1 Å². The first-order chi connectivity index (χ1) is 13.0. The van der Waals surface area contributed by atoms with E-state index < -0.39 is 5.13 Å². The lowest BCUT2D eigenvalue weighted by molar-refractivity contribution is 0.265. The van der Waals surface area contributed by atoms with E-state index in [4.69, 9.17) is 11.6 Å². The van der Waals surface area contributed by atoms with Crippen LogP contribution in [0.5, 0.6) is 0 Å². The fourth-order valence-electron chi connectivity index (χ4n) is 3.59. The molecular formula is C22H25ClFN3. The summed E-state index contributed by atoms with van der Waals surface area (Å²) in [6.45, 7) is 5.93. The molecule has 1 aliphatic rings. The summed E-state index contributed by atoms with van der Waals surface area (Å²) in [7, 11) is 0. The van der Waals surface area contributed by atoms with Crippen LogP contribution >= 0.6 is 11.6 Å². The van der Waals surface area contributed by atoms with Gasteiger partial charge in [0, 0.05) is 43.9 Å². The third kappa shape index (κ3) is 4.61. The van der Waals surface area contributed by atoms with E-state index in [1.54, 1.807) is 12.1 Å². The van der Waals surface area contributed by atoms with E-state index in [1.807, 2.05) is 30.3 Å². The van der Waals surface area contributed by atoms with Crippen LogP contribution in [0.4, 0.5) is 10.1 Å². The summed E-state index contributed by atoms with van der Waals surface area (Å²) < 4.78 is 15.3.